The van der Waals surface area contributed by atoms with Gasteiger partial charge < -0.3 is 10.1 Å². The molecule has 0 amide bonds. The van der Waals surface area contributed by atoms with Crippen molar-refractivity contribution in [2.45, 2.75) is 32.3 Å². The zero-order valence-corrected chi connectivity index (χ0v) is 13.2. The van der Waals surface area contributed by atoms with E-state index in [4.69, 9.17) is 4.74 Å². The molecule has 2 nitrogen and oxygen atoms in total. The Morgan fingerprint density at radius 3 is 2.19 bits per heavy atom. The highest BCUT2D eigenvalue weighted by Gasteiger charge is 2.12. The largest absolute Gasteiger partial charge is 0.484 e. The van der Waals surface area contributed by atoms with Gasteiger partial charge in [0.1, 0.15) is 11.9 Å². The number of likely N-dealkylation sites (N-methyl/N-ethyl adjacent to an activating group) is 1. The fourth-order valence-corrected chi connectivity index (χ4v) is 2.36. The number of nitrogens with one attached hydrogen (secondary N) is 1. The molecule has 0 saturated carbocycles. The van der Waals surface area contributed by atoms with Crippen molar-refractivity contribution in [3.05, 3.63) is 65.7 Å². The molecule has 2 rings (SSSR count). The van der Waals surface area contributed by atoms with Crippen LogP contribution in [-0.4, -0.2) is 13.6 Å². The SMILES string of the molecule is CCC(C)c1ccc(OC(CNC)c2ccccc2)cc1. The Hall–Kier alpha value is -1.80. The third-order valence-corrected chi connectivity index (χ3v) is 3.90. The third kappa shape index (κ3) is 4.33. The van der Waals surface area contributed by atoms with E-state index in [9.17, 15) is 0 Å². The molecule has 2 unspecified atom stereocenters. The monoisotopic (exact) mass is 283 g/mol. The number of ether oxygens (including phenoxy) is 1. The Labute approximate surface area is 128 Å². The molecule has 0 bridgehead atoms. The lowest BCUT2D eigenvalue weighted by Crippen LogP contribution is -2.21. The van der Waals surface area contributed by atoms with Crippen LogP contribution in [0.5, 0.6) is 5.75 Å². The highest BCUT2D eigenvalue weighted by Crippen LogP contribution is 2.25. The molecule has 1 N–H and O–H groups in total. The zero-order valence-electron chi connectivity index (χ0n) is 13.2. The summed E-state index contributed by atoms with van der Waals surface area (Å²) in [6.07, 6.45) is 1.19. The van der Waals surface area contributed by atoms with Crippen LogP contribution < -0.4 is 10.1 Å². The Morgan fingerprint density at radius 1 is 0.952 bits per heavy atom. The van der Waals surface area contributed by atoms with Gasteiger partial charge in [0, 0.05) is 6.54 Å². The van der Waals surface area contributed by atoms with Crippen LogP contribution >= 0.6 is 0 Å². The zero-order chi connectivity index (χ0) is 15.1. The minimum atomic E-state index is 0.0330. The van der Waals surface area contributed by atoms with Crippen LogP contribution in [-0.2, 0) is 0 Å². The van der Waals surface area contributed by atoms with Crippen molar-refractivity contribution in [1.82, 2.24) is 5.32 Å². The van der Waals surface area contributed by atoms with Crippen LogP contribution in [0, 0.1) is 0 Å². The summed E-state index contributed by atoms with van der Waals surface area (Å²) in [7, 11) is 1.95. The van der Waals surface area contributed by atoms with Gasteiger partial charge in [-0.25, -0.2) is 0 Å². The molecule has 0 saturated heterocycles. The minimum absolute atomic E-state index is 0.0330. The smallest absolute Gasteiger partial charge is 0.136 e. The van der Waals surface area contributed by atoms with E-state index in [1.54, 1.807) is 0 Å². The normalized spacial score (nSPS) is 13.7. The Kier molecular flexibility index (Phi) is 5.82. The van der Waals surface area contributed by atoms with E-state index < -0.39 is 0 Å². The highest BCUT2D eigenvalue weighted by atomic mass is 16.5. The number of hydrogen-bond donors (Lipinski definition) is 1. The summed E-state index contributed by atoms with van der Waals surface area (Å²) in [5, 5.41) is 3.20. The molecular formula is C19H25NO. The van der Waals surface area contributed by atoms with E-state index in [1.165, 1.54) is 11.1 Å². The summed E-state index contributed by atoms with van der Waals surface area (Å²) in [5.41, 5.74) is 2.56. The standard InChI is InChI=1S/C19H25NO/c1-4-15(2)16-10-12-18(13-11-16)21-19(14-20-3)17-8-6-5-7-9-17/h5-13,15,19-20H,4,14H2,1-3H3. The predicted molar refractivity (Wildman–Crippen MR) is 88.9 cm³/mol. The van der Waals surface area contributed by atoms with E-state index >= 15 is 0 Å². The van der Waals surface area contributed by atoms with Gasteiger partial charge in [0.05, 0.1) is 0 Å². The summed E-state index contributed by atoms with van der Waals surface area (Å²) in [6, 6.07) is 18.8. The molecule has 2 aromatic rings. The van der Waals surface area contributed by atoms with Crippen LogP contribution in [0.4, 0.5) is 0 Å². The second-order valence-electron chi connectivity index (χ2n) is 5.45. The molecule has 2 atom stereocenters. The maximum Gasteiger partial charge on any atom is 0.136 e. The fourth-order valence-electron chi connectivity index (χ4n) is 2.36. The number of benzene rings is 2. The van der Waals surface area contributed by atoms with E-state index in [-0.39, 0.29) is 6.10 Å². The fraction of sp³-hybridized carbons (Fsp3) is 0.368. The Bertz CT molecular complexity index is 521. The Morgan fingerprint density at radius 2 is 1.62 bits per heavy atom. The van der Waals surface area contributed by atoms with Crippen LogP contribution in [0.3, 0.4) is 0 Å². The van der Waals surface area contributed by atoms with Crippen molar-refractivity contribution in [2.24, 2.45) is 0 Å². The summed E-state index contributed by atoms with van der Waals surface area (Å²) in [6.45, 7) is 5.26. The van der Waals surface area contributed by atoms with Crippen molar-refractivity contribution in [3.8, 4) is 5.75 Å². The highest BCUT2D eigenvalue weighted by molar-refractivity contribution is 5.30. The van der Waals surface area contributed by atoms with Crippen LogP contribution in [0.2, 0.25) is 0 Å². The van der Waals surface area contributed by atoms with Crippen molar-refractivity contribution < 1.29 is 4.74 Å². The molecule has 0 spiro atoms. The third-order valence-electron chi connectivity index (χ3n) is 3.90. The van der Waals surface area contributed by atoms with Crippen LogP contribution in [0.1, 0.15) is 43.4 Å². The van der Waals surface area contributed by atoms with Crippen molar-refractivity contribution in [3.63, 3.8) is 0 Å². The van der Waals surface area contributed by atoms with Crippen LogP contribution in [0.25, 0.3) is 0 Å². The maximum absolute atomic E-state index is 6.15. The van der Waals surface area contributed by atoms with Gasteiger partial charge in [0.25, 0.3) is 0 Å². The lowest BCUT2D eigenvalue weighted by atomic mass is 9.99. The second kappa shape index (κ2) is 7.84. The summed E-state index contributed by atoms with van der Waals surface area (Å²) in [5.74, 6) is 1.52. The quantitative estimate of drug-likeness (QED) is 0.805. The molecule has 2 heteroatoms. The maximum atomic E-state index is 6.15. The average molecular weight is 283 g/mol. The van der Waals surface area contributed by atoms with Gasteiger partial charge in [-0.1, -0.05) is 56.3 Å². The molecule has 0 radical (unpaired) electrons. The van der Waals surface area contributed by atoms with Gasteiger partial charge in [-0.3, -0.25) is 0 Å². The van der Waals surface area contributed by atoms with Gasteiger partial charge >= 0.3 is 0 Å². The van der Waals surface area contributed by atoms with Gasteiger partial charge in [-0.15, -0.1) is 0 Å². The second-order valence-corrected chi connectivity index (χ2v) is 5.45. The van der Waals surface area contributed by atoms with Crippen molar-refractivity contribution in [2.75, 3.05) is 13.6 Å². The van der Waals surface area contributed by atoms with E-state index in [0.29, 0.717) is 5.92 Å². The lowest BCUT2D eigenvalue weighted by Gasteiger charge is -2.20. The summed E-state index contributed by atoms with van der Waals surface area (Å²) < 4.78 is 6.15. The van der Waals surface area contributed by atoms with E-state index in [1.807, 2.05) is 25.2 Å². The molecule has 0 fully saturated rings. The molecular weight excluding hydrogens is 258 g/mol. The molecule has 0 aliphatic heterocycles. The summed E-state index contributed by atoms with van der Waals surface area (Å²) in [4.78, 5) is 0. The minimum Gasteiger partial charge on any atom is -0.484 e. The first-order chi connectivity index (χ1) is 10.2. The molecule has 0 aromatic heterocycles. The van der Waals surface area contributed by atoms with E-state index in [0.717, 1.165) is 18.7 Å². The molecule has 0 aliphatic rings. The first kappa shape index (κ1) is 15.6. The van der Waals surface area contributed by atoms with E-state index in [2.05, 4.69) is 55.6 Å². The lowest BCUT2D eigenvalue weighted by molar-refractivity contribution is 0.205. The van der Waals surface area contributed by atoms with Gasteiger partial charge in [-0.2, -0.15) is 0 Å². The molecule has 0 heterocycles. The van der Waals surface area contributed by atoms with Crippen molar-refractivity contribution in [1.29, 1.82) is 0 Å². The first-order valence-corrected chi connectivity index (χ1v) is 7.70. The average Bonchev–Trinajstić information content (AvgIpc) is 2.55. The topological polar surface area (TPSA) is 21.3 Å². The Balaban J connectivity index is 2.10. The molecule has 112 valence electrons. The summed E-state index contributed by atoms with van der Waals surface area (Å²) >= 11 is 0. The van der Waals surface area contributed by atoms with Crippen LogP contribution in [0.15, 0.2) is 54.6 Å². The van der Waals surface area contributed by atoms with Gasteiger partial charge in [-0.05, 0) is 42.6 Å². The molecule has 2 aromatic carbocycles. The van der Waals surface area contributed by atoms with Gasteiger partial charge in [0.15, 0.2) is 0 Å². The number of hydrogen-bond acceptors (Lipinski definition) is 2. The first-order valence-electron chi connectivity index (χ1n) is 7.70. The molecule has 0 aliphatic carbocycles. The predicted octanol–water partition coefficient (Wildman–Crippen LogP) is 4.54. The van der Waals surface area contributed by atoms with Gasteiger partial charge in [0.2, 0.25) is 0 Å². The number of rotatable bonds is 7. The van der Waals surface area contributed by atoms with Crippen molar-refractivity contribution >= 4 is 0 Å². The molecule has 21 heavy (non-hydrogen) atoms.